The molecule has 0 amide bonds. The second-order valence-corrected chi connectivity index (χ2v) is 3.91. The van der Waals surface area contributed by atoms with Crippen LogP contribution < -0.4 is 0 Å². The molecule has 0 spiro atoms. The predicted molar refractivity (Wildman–Crippen MR) is 30.2 cm³/mol. The Balaban J connectivity index is 3.09. The van der Waals surface area contributed by atoms with Crippen molar-refractivity contribution in [1.29, 1.82) is 0 Å². The molecule has 0 aromatic carbocycles. The molecule has 9 heteroatoms. The largest absolute Gasteiger partial charge is 0.466 e. The first kappa shape index (κ1) is 8.30. The number of hydrogen-bond acceptors (Lipinski definition) is 7. The van der Waals surface area contributed by atoms with Crippen molar-refractivity contribution < 1.29 is 28.8 Å². The Morgan fingerprint density at radius 3 is 1.55 bits per heavy atom. The van der Waals surface area contributed by atoms with Crippen LogP contribution in [0.25, 0.3) is 0 Å². The fourth-order valence-corrected chi connectivity index (χ4v) is 1.75. The summed E-state index contributed by atoms with van der Waals surface area (Å²) in [6, 6.07) is 0. The molecule has 0 fully saturated rings. The lowest BCUT2D eigenvalue weighted by Crippen LogP contribution is -2.12. The van der Waals surface area contributed by atoms with Crippen LogP contribution >= 0.6 is 0 Å². The molecule has 0 aromatic heterocycles. The van der Waals surface area contributed by atoms with Gasteiger partial charge in [-0.1, -0.05) is 3.63 Å². The summed E-state index contributed by atoms with van der Waals surface area (Å²) < 4.78 is 52.3. The highest BCUT2D eigenvalue weighted by atomic mass is 32.3. The number of hydrogen-bond donors (Lipinski definition) is 0. The maximum absolute atomic E-state index is 10.3. The summed E-state index contributed by atoms with van der Waals surface area (Å²) in [7, 11) is -9.05. The van der Waals surface area contributed by atoms with Crippen LogP contribution in [0.3, 0.4) is 0 Å². The van der Waals surface area contributed by atoms with Crippen molar-refractivity contribution in [3.63, 3.8) is 0 Å². The smallest absolute Gasteiger partial charge is 0.365 e. The summed E-state index contributed by atoms with van der Waals surface area (Å²) in [6.07, 6.45) is 1.06. The minimum Gasteiger partial charge on any atom is -0.365 e. The van der Waals surface area contributed by atoms with Gasteiger partial charge in [-0.3, -0.25) is 0 Å². The molecule has 7 nitrogen and oxygen atoms in total. The molecule has 1 aliphatic heterocycles. The summed E-state index contributed by atoms with van der Waals surface area (Å²) in [4.78, 5) is 0. The van der Waals surface area contributed by atoms with Crippen molar-refractivity contribution >= 4 is 20.8 Å². The van der Waals surface area contributed by atoms with Gasteiger partial charge in [0.25, 0.3) is 0 Å². The first-order valence-corrected chi connectivity index (χ1v) is 4.80. The third kappa shape index (κ3) is 2.37. The van der Waals surface area contributed by atoms with Crippen LogP contribution in [0.15, 0.2) is 12.5 Å². The average molecular weight is 202 g/mol. The van der Waals surface area contributed by atoms with Crippen LogP contribution in [0.2, 0.25) is 0 Å². The average Bonchev–Trinajstić information content (AvgIpc) is 1.86. The molecular formula is C2H2O7S2. The van der Waals surface area contributed by atoms with Crippen molar-refractivity contribution in [3.05, 3.63) is 12.5 Å². The molecule has 1 rings (SSSR count). The van der Waals surface area contributed by atoms with E-state index < -0.39 is 20.8 Å². The molecule has 0 aliphatic carbocycles. The molecule has 0 unspecified atom stereocenters. The highest BCUT2D eigenvalue weighted by Crippen LogP contribution is 2.09. The van der Waals surface area contributed by atoms with E-state index in [-0.39, 0.29) is 0 Å². The van der Waals surface area contributed by atoms with Gasteiger partial charge in [0.05, 0.1) is 0 Å². The lowest BCUT2D eigenvalue weighted by Gasteiger charge is -1.96. The Morgan fingerprint density at radius 1 is 0.818 bits per heavy atom. The van der Waals surface area contributed by atoms with Gasteiger partial charge in [0.1, 0.15) is 12.5 Å². The van der Waals surface area contributed by atoms with Gasteiger partial charge in [-0.05, 0) is 0 Å². The van der Waals surface area contributed by atoms with E-state index in [1.165, 1.54) is 0 Å². The summed E-state index contributed by atoms with van der Waals surface area (Å²) in [5.74, 6) is 0. The SMILES string of the molecule is O=S1(=O)OC=COS(=O)(=O)O1. The van der Waals surface area contributed by atoms with E-state index in [9.17, 15) is 16.8 Å². The second-order valence-electron chi connectivity index (χ2n) is 1.35. The van der Waals surface area contributed by atoms with Gasteiger partial charge in [-0.2, -0.15) is 16.8 Å². The van der Waals surface area contributed by atoms with E-state index in [0.717, 1.165) is 0 Å². The summed E-state index contributed by atoms with van der Waals surface area (Å²) in [5.41, 5.74) is 0. The molecule has 11 heavy (non-hydrogen) atoms. The molecule has 0 atom stereocenters. The summed E-state index contributed by atoms with van der Waals surface area (Å²) in [6.45, 7) is 0. The zero-order valence-electron chi connectivity index (χ0n) is 4.83. The van der Waals surface area contributed by atoms with Crippen LogP contribution in [0.1, 0.15) is 0 Å². The zero-order chi connectivity index (χ0) is 8.54. The summed E-state index contributed by atoms with van der Waals surface area (Å²) in [5, 5.41) is 0. The van der Waals surface area contributed by atoms with E-state index in [1.54, 1.807) is 0 Å². The fourth-order valence-electron chi connectivity index (χ4n) is 0.316. The van der Waals surface area contributed by atoms with Gasteiger partial charge in [-0.25, -0.2) is 0 Å². The molecule has 1 aliphatic rings. The van der Waals surface area contributed by atoms with Crippen LogP contribution in [0.4, 0.5) is 0 Å². The van der Waals surface area contributed by atoms with Gasteiger partial charge in [0.15, 0.2) is 0 Å². The van der Waals surface area contributed by atoms with E-state index in [0.29, 0.717) is 12.5 Å². The van der Waals surface area contributed by atoms with Crippen LogP contribution in [-0.2, 0) is 32.8 Å². The lowest BCUT2D eigenvalue weighted by molar-refractivity contribution is 0.344. The monoisotopic (exact) mass is 202 g/mol. The van der Waals surface area contributed by atoms with Crippen LogP contribution in [-0.4, -0.2) is 16.8 Å². The lowest BCUT2D eigenvalue weighted by atomic mass is 11.1. The molecule has 0 saturated heterocycles. The molecule has 0 N–H and O–H groups in total. The van der Waals surface area contributed by atoms with Crippen molar-refractivity contribution in [1.82, 2.24) is 0 Å². The Morgan fingerprint density at radius 2 is 1.18 bits per heavy atom. The minimum absolute atomic E-state index is 0.528. The van der Waals surface area contributed by atoms with Gasteiger partial charge in [-0.15, -0.1) is 0 Å². The van der Waals surface area contributed by atoms with Crippen molar-refractivity contribution in [2.24, 2.45) is 0 Å². The molecular weight excluding hydrogens is 200 g/mol. The molecule has 0 saturated carbocycles. The molecule has 0 aromatic rings. The standard InChI is InChI=1S/C2H2O7S2/c3-10(4)7-1-2-8-11(5,6)9-10/h1-2H. The van der Waals surface area contributed by atoms with E-state index in [1.807, 2.05) is 0 Å². The zero-order valence-corrected chi connectivity index (χ0v) is 6.46. The molecule has 0 bridgehead atoms. The Hall–Kier alpha value is -0.800. The van der Waals surface area contributed by atoms with Crippen molar-refractivity contribution in [2.45, 2.75) is 0 Å². The molecule has 64 valence electrons. The van der Waals surface area contributed by atoms with E-state index in [4.69, 9.17) is 0 Å². The second kappa shape index (κ2) is 2.36. The first-order valence-electron chi connectivity index (χ1n) is 2.14. The van der Waals surface area contributed by atoms with Crippen LogP contribution in [0, 0.1) is 0 Å². The van der Waals surface area contributed by atoms with E-state index >= 15 is 0 Å². The quantitative estimate of drug-likeness (QED) is 0.497. The first-order chi connectivity index (χ1) is 4.91. The number of rotatable bonds is 0. The maximum atomic E-state index is 10.3. The van der Waals surface area contributed by atoms with E-state index in [2.05, 4.69) is 12.0 Å². The Kier molecular flexibility index (Phi) is 1.78. The Bertz CT molecular complexity index is 321. The highest BCUT2D eigenvalue weighted by molar-refractivity contribution is 7.95. The maximum Gasteiger partial charge on any atom is 0.466 e. The predicted octanol–water partition coefficient (Wildman–Crippen LogP) is -0.989. The van der Waals surface area contributed by atoms with Gasteiger partial charge in [0.2, 0.25) is 0 Å². The molecule has 0 radical (unpaired) electrons. The third-order valence-corrected chi connectivity index (χ3v) is 2.60. The van der Waals surface area contributed by atoms with Gasteiger partial charge >= 0.3 is 20.8 Å². The topological polar surface area (TPSA) is 96.0 Å². The van der Waals surface area contributed by atoms with Crippen LogP contribution in [0.5, 0.6) is 0 Å². The highest BCUT2D eigenvalue weighted by Gasteiger charge is 2.26. The minimum atomic E-state index is -4.53. The van der Waals surface area contributed by atoms with Gasteiger partial charge in [0, 0.05) is 0 Å². The third-order valence-electron chi connectivity index (χ3n) is 0.569. The van der Waals surface area contributed by atoms with Crippen molar-refractivity contribution in [3.8, 4) is 0 Å². The summed E-state index contributed by atoms with van der Waals surface area (Å²) >= 11 is 0. The fraction of sp³-hybridized carbons (Fsp3) is 0. The van der Waals surface area contributed by atoms with Gasteiger partial charge < -0.3 is 8.37 Å². The molecule has 1 heterocycles. The Labute approximate surface area is 62.8 Å². The van der Waals surface area contributed by atoms with Crippen molar-refractivity contribution in [2.75, 3.05) is 0 Å². The normalized spacial score (nSPS) is 26.2.